The van der Waals surface area contributed by atoms with E-state index in [0.29, 0.717) is 26.0 Å². The highest BCUT2D eigenvalue weighted by Crippen LogP contribution is 2.22. The molecule has 1 saturated heterocycles. The molecule has 1 aromatic carbocycles. The van der Waals surface area contributed by atoms with Crippen LogP contribution in [-0.4, -0.2) is 36.0 Å². The number of benzene rings is 1. The smallest absolute Gasteiger partial charge is 0.328 e. The molecule has 0 N–H and O–H groups in total. The second-order valence-electron chi connectivity index (χ2n) is 8.13. The van der Waals surface area contributed by atoms with Gasteiger partial charge in [0, 0.05) is 12.1 Å². The number of amides is 1. The minimum Gasteiger partial charge on any atom is -0.464 e. The minimum absolute atomic E-state index is 0.0447. The van der Waals surface area contributed by atoms with Crippen LogP contribution < -0.4 is 0 Å². The number of hydrogen-bond donors (Lipinski definition) is 0. The predicted octanol–water partition coefficient (Wildman–Crippen LogP) is 6.03. The normalized spacial score (nSPS) is 16.1. The summed E-state index contributed by atoms with van der Waals surface area (Å²) in [6.07, 6.45) is 13.3. The van der Waals surface area contributed by atoms with Crippen molar-refractivity contribution >= 4 is 11.9 Å². The largest absolute Gasteiger partial charge is 0.464 e. The van der Waals surface area contributed by atoms with Gasteiger partial charge >= 0.3 is 5.97 Å². The second kappa shape index (κ2) is 13.3. The van der Waals surface area contributed by atoms with Crippen molar-refractivity contribution in [1.82, 2.24) is 4.90 Å². The number of carbonyl (C=O) groups excluding carboxylic acids is 2. The van der Waals surface area contributed by atoms with Crippen LogP contribution >= 0.6 is 0 Å². The van der Waals surface area contributed by atoms with Crippen molar-refractivity contribution in [3.05, 3.63) is 35.4 Å². The second-order valence-corrected chi connectivity index (χ2v) is 8.13. The van der Waals surface area contributed by atoms with E-state index in [9.17, 15) is 18.4 Å². The average Bonchev–Trinajstić information content (AvgIpc) is 3.23. The Morgan fingerprint density at radius 2 is 1.60 bits per heavy atom. The van der Waals surface area contributed by atoms with Crippen LogP contribution in [0.5, 0.6) is 0 Å². The fourth-order valence-corrected chi connectivity index (χ4v) is 3.91. The van der Waals surface area contributed by atoms with Gasteiger partial charge in [-0.1, -0.05) is 64.7 Å². The molecule has 0 aliphatic carbocycles. The van der Waals surface area contributed by atoms with E-state index < -0.39 is 29.6 Å². The van der Waals surface area contributed by atoms with E-state index in [-0.39, 0.29) is 5.56 Å². The van der Waals surface area contributed by atoms with E-state index in [4.69, 9.17) is 4.74 Å². The first-order valence-electron chi connectivity index (χ1n) is 11.5. The first-order valence-corrected chi connectivity index (χ1v) is 11.5. The first-order chi connectivity index (χ1) is 14.5. The summed E-state index contributed by atoms with van der Waals surface area (Å²) in [4.78, 5) is 26.4. The van der Waals surface area contributed by atoms with Gasteiger partial charge in [0.25, 0.3) is 5.91 Å². The molecular formula is C24H35F2NO3. The molecule has 1 aromatic rings. The fraction of sp³-hybridized carbons (Fsp3) is 0.667. The number of rotatable bonds is 13. The van der Waals surface area contributed by atoms with Gasteiger partial charge in [-0.05, 0) is 37.5 Å². The lowest BCUT2D eigenvalue weighted by Crippen LogP contribution is -2.41. The van der Waals surface area contributed by atoms with Crippen LogP contribution in [-0.2, 0) is 9.53 Å². The highest BCUT2D eigenvalue weighted by molar-refractivity contribution is 5.97. The molecule has 1 heterocycles. The van der Waals surface area contributed by atoms with Gasteiger partial charge in [0.2, 0.25) is 0 Å². The SMILES string of the molecule is CCCCCCCCCCCCOC(=O)C1CCCN1C(=O)c1ccc(F)c(F)c1. The van der Waals surface area contributed by atoms with Crippen LogP contribution in [0.2, 0.25) is 0 Å². The molecule has 1 aliphatic rings. The van der Waals surface area contributed by atoms with Crippen molar-refractivity contribution in [2.45, 2.75) is 90.0 Å². The molecule has 0 saturated carbocycles. The van der Waals surface area contributed by atoms with E-state index in [1.807, 2.05) is 0 Å². The Hall–Kier alpha value is -1.98. The number of esters is 1. The molecule has 4 nitrogen and oxygen atoms in total. The van der Waals surface area contributed by atoms with Gasteiger partial charge in [-0.3, -0.25) is 4.79 Å². The highest BCUT2D eigenvalue weighted by Gasteiger charge is 2.35. The molecule has 1 atom stereocenters. The summed E-state index contributed by atoms with van der Waals surface area (Å²) in [6.45, 7) is 3.00. The van der Waals surface area contributed by atoms with Gasteiger partial charge in [-0.2, -0.15) is 0 Å². The summed E-state index contributed by atoms with van der Waals surface area (Å²) >= 11 is 0. The molecule has 2 rings (SSSR count). The Morgan fingerprint density at radius 1 is 0.967 bits per heavy atom. The Morgan fingerprint density at radius 3 is 2.23 bits per heavy atom. The standard InChI is InChI=1S/C24H35F2NO3/c1-2-3-4-5-6-7-8-9-10-11-17-30-24(29)22-13-12-16-27(22)23(28)19-14-15-20(25)21(26)18-19/h14-15,18,22H,2-13,16-17H2,1H3. The average molecular weight is 424 g/mol. The number of hydrogen-bond acceptors (Lipinski definition) is 3. The molecule has 0 radical (unpaired) electrons. The third-order valence-electron chi connectivity index (χ3n) is 5.69. The molecule has 6 heteroatoms. The lowest BCUT2D eigenvalue weighted by Gasteiger charge is -2.23. The predicted molar refractivity (Wildman–Crippen MR) is 113 cm³/mol. The molecule has 1 amide bonds. The van der Waals surface area contributed by atoms with Gasteiger partial charge in [-0.15, -0.1) is 0 Å². The van der Waals surface area contributed by atoms with Gasteiger partial charge in [0.1, 0.15) is 6.04 Å². The maximum absolute atomic E-state index is 13.4. The minimum atomic E-state index is -1.07. The maximum atomic E-state index is 13.4. The van der Waals surface area contributed by atoms with E-state index in [1.165, 1.54) is 55.9 Å². The van der Waals surface area contributed by atoms with Crippen LogP contribution in [0, 0.1) is 11.6 Å². The molecule has 30 heavy (non-hydrogen) atoms. The van der Waals surface area contributed by atoms with E-state index in [2.05, 4.69) is 6.92 Å². The van der Waals surface area contributed by atoms with Crippen molar-refractivity contribution in [3.63, 3.8) is 0 Å². The Balaban J connectivity index is 1.65. The van der Waals surface area contributed by atoms with Crippen molar-refractivity contribution in [2.24, 2.45) is 0 Å². The molecule has 0 bridgehead atoms. The lowest BCUT2D eigenvalue weighted by molar-refractivity contribution is -0.148. The summed E-state index contributed by atoms with van der Waals surface area (Å²) < 4.78 is 31.9. The zero-order chi connectivity index (χ0) is 21.8. The molecule has 1 fully saturated rings. The van der Waals surface area contributed by atoms with Crippen LogP contribution in [0.4, 0.5) is 8.78 Å². The van der Waals surface area contributed by atoms with Crippen molar-refractivity contribution < 1.29 is 23.1 Å². The number of likely N-dealkylation sites (tertiary alicyclic amines) is 1. The van der Waals surface area contributed by atoms with E-state index in [0.717, 1.165) is 31.4 Å². The van der Waals surface area contributed by atoms with Crippen LogP contribution in [0.25, 0.3) is 0 Å². The lowest BCUT2D eigenvalue weighted by atomic mass is 10.1. The summed E-state index contributed by atoms with van der Waals surface area (Å²) in [6, 6.07) is 2.40. The summed E-state index contributed by atoms with van der Waals surface area (Å²) in [5.41, 5.74) is 0.0447. The van der Waals surface area contributed by atoms with Crippen molar-refractivity contribution in [3.8, 4) is 0 Å². The fourth-order valence-electron chi connectivity index (χ4n) is 3.91. The molecule has 0 spiro atoms. The molecule has 0 aromatic heterocycles. The molecular weight excluding hydrogens is 388 g/mol. The Kier molecular flexibility index (Phi) is 10.8. The van der Waals surface area contributed by atoms with Gasteiger partial charge < -0.3 is 9.64 Å². The zero-order valence-electron chi connectivity index (χ0n) is 18.1. The topological polar surface area (TPSA) is 46.6 Å². The number of nitrogens with zero attached hydrogens (tertiary/aromatic N) is 1. The van der Waals surface area contributed by atoms with Crippen molar-refractivity contribution in [1.29, 1.82) is 0 Å². The molecule has 168 valence electrons. The number of carbonyl (C=O) groups is 2. The van der Waals surface area contributed by atoms with Gasteiger partial charge in [0.05, 0.1) is 6.61 Å². The molecule has 1 aliphatic heterocycles. The maximum Gasteiger partial charge on any atom is 0.328 e. The third kappa shape index (κ3) is 7.69. The number of halogens is 2. The Labute approximate surface area is 179 Å². The third-order valence-corrected chi connectivity index (χ3v) is 5.69. The Bertz CT molecular complexity index is 680. The zero-order valence-corrected chi connectivity index (χ0v) is 18.1. The highest BCUT2D eigenvalue weighted by atomic mass is 19.2. The van der Waals surface area contributed by atoms with Crippen molar-refractivity contribution in [2.75, 3.05) is 13.2 Å². The van der Waals surface area contributed by atoms with Crippen LogP contribution in [0.15, 0.2) is 18.2 Å². The molecule has 1 unspecified atom stereocenters. The van der Waals surface area contributed by atoms with Gasteiger partial charge in [-0.25, -0.2) is 13.6 Å². The monoisotopic (exact) mass is 423 g/mol. The van der Waals surface area contributed by atoms with E-state index in [1.54, 1.807) is 0 Å². The number of unbranched alkanes of at least 4 members (excludes halogenated alkanes) is 9. The summed E-state index contributed by atoms with van der Waals surface area (Å²) in [5.74, 6) is -2.94. The van der Waals surface area contributed by atoms with Gasteiger partial charge in [0.15, 0.2) is 11.6 Å². The van der Waals surface area contributed by atoms with Crippen LogP contribution in [0.1, 0.15) is 94.3 Å². The summed E-state index contributed by atoms with van der Waals surface area (Å²) in [5, 5.41) is 0. The van der Waals surface area contributed by atoms with Crippen LogP contribution in [0.3, 0.4) is 0 Å². The first kappa shape index (κ1) is 24.3. The number of ether oxygens (including phenoxy) is 1. The van der Waals surface area contributed by atoms with E-state index >= 15 is 0 Å². The quantitative estimate of drug-likeness (QED) is 0.287. The summed E-state index contributed by atoms with van der Waals surface area (Å²) in [7, 11) is 0.